The molecule has 0 spiro atoms. The summed E-state index contributed by atoms with van der Waals surface area (Å²) in [4.78, 5) is 33.7. The molecule has 11 heteroatoms. The van der Waals surface area contributed by atoms with Crippen LogP contribution < -0.4 is 34.2 Å². The van der Waals surface area contributed by atoms with Crippen LogP contribution in [0.2, 0.25) is 0 Å². The van der Waals surface area contributed by atoms with Gasteiger partial charge in [0.1, 0.15) is 0 Å². The first-order valence-electron chi connectivity index (χ1n) is 10.5. The van der Waals surface area contributed by atoms with Crippen LogP contribution in [-0.2, 0) is 6.18 Å². The van der Waals surface area contributed by atoms with Crippen LogP contribution in [0.15, 0.2) is 55.1 Å². The Morgan fingerprint density at radius 3 is 2.60 bits per heavy atom. The van der Waals surface area contributed by atoms with Crippen LogP contribution in [0.1, 0.15) is 49.7 Å². The Kier molecular flexibility index (Phi) is 7.88. The van der Waals surface area contributed by atoms with Crippen LogP contribution in [-0.4, -0.2) is 34.9 Å². The number of carbonyl (C=O) groups excluding carboxylic acids is 2. The van der Waals surface area contributed by atoms with E-state index in [2.05, 4.69) is 15.3 Å². The number of carboxylic acid groups (broad SMARTS) is 1. The third-order valence-electron chi connectivity index (χ3n) is 5.85. The number of amides is 1. The van der Waals surface area contributed by atoms with Gasteiger partial charge < -0.3 is 20.1 Å². The molecule has 1 atom stereocenters. The summed E-state index contributed by atoms with van der Waals surface area (Å²) in [6, 6.07) is 7.35. The number of hydrogen-bond acceptors (Lipinski definition) is 6. The molecule has 1 saturated heterocycles. The molecule has 0 bridgehead atoms. The summed E-state index contributed by atoms with van der Waals surface area (Å²) in [6.45, 7) is 3.03. The second kappa shape index (κ2) is 10.5. The predicted molar refractivity (Wildman–Crippen MR) is 117 cm³/mol. The molecule has 4 rings (SSSR count). The minimum Gasteiger partial charge on any atom is -0.545 e. The standard InChI is InChI=1S/C24H21F3N4O3.Li/c1-14-2-3-15(22(32)30-18-9-17(10-29-11-18)24(25,26)27)8-20(14)16-5-7-31(13-16)21-12-28-6-4-19(21)23(33)34;/h2-4,6,8-12,16H,5,7,13H2,1H3,(H,30,32)(H,33,34);/q;+1/p-1/t16-;/m1./s1. The van der Waals surface area contributed by atoms with Crippen LogP contribution >= 0.6 is 0 Å². The number of rotatable bonds is 5. The van der Waals surface area contributed by atoms with E-state index in [0.29, 0.717) is 30.5 Å². The molecule has 1 N–H and O–H groups in total. The quantitative estimate of drug-likeness (QED) is 0.536. The number of aryl methyl sites for hydroxylation is 1. The van der Waals surface area contributed by atoms with Crippen molar-refractivity contribution in [3.05, 3.63) is 82.9 Å². The molecule has 1 aromatic carbocycles. The summed E-state index contributed by atoms with van der Waals surface area (Å²) in [5, 5.41) is 13.9. The summed E-state index contributed by atoms with van der Waals surface area (Å²) in [6.07, 6.45) is 0.899. The summed E-state index contributed by atoms with van der Waals surface area (Å²) in [7, 11) is 0. The molecule has 1 amide bonds. The molecule has 0 radical (unpaired) electrons. The van der Waals surface area contributed by atoms with E-state index < -0.39 is 23.6 Å². The fourth-order valence-electron chi connectivity index (χ4n) is 4.13. The Labute approximate surface area is 211 Å². The van der Waals surface area contributed by atoms with Gasteiger partial charge >= 0.3 is 25.0 Å². The molecule has 0 aliphatic carbocycles. The van der Waals surface area contributed by atoms with E-state index >= 15 is 0 Å². The Morgan fingerprint density at radius 2 is 1.89 bits per heavy atom. The maximum atomic E-state index is 12.9. The number of pyridine rings is 2. The SMILES string of the molecule is Cc1ccc(C(=O)Nc2cncc(C(F)(F)F)c2)cc1[C@@H]1CCN(c2cnccc2C(=O)[O-])C1.[Li+]. The van der Waals surface area contributed by atoms with Gasteiger partial charge in [-0.15, -0.1) is 0 Å². The van der Waals surface area contributed by atoms with E-state index in [1.54, 1.807) is 18.2 Å². The first kappa shape index (κ1) is 26.3. The number of hydrogen-bond donors (Lipinski definition) is 1. The molecule has 35 heavy (non-hydrogen) atoms. The number of benzene rings is 1. The first-order chi connectivity index (χ1) is 16.1. The molecule has 1 aliphatic heterocycles. The predicted octanol–water partition coefficient (Wildman–Crippen LogP) is 0.418. The van der Waals surface area contributed by atoms with Crippen molar-refractivity contribution >= 4 is 23.3 Å². The van der Waals surface area contributed by atoms with Gasteiger partial charge in [-0.2, -0.15) is 13.2 Å². The van der Waals surface area contributed by atoms with E-state index in [1.165, 1.54) is 18.5 Å². The number of halogens is 3. The van der Waals surface area contributed by atoms with Crippen LogP contribution in [0, 0.1) is 6.92 Å². The zero-order valence-corrected chi connectivity index (χ0v) is 19.1. The maximum absolute atomic E-state index is 12.9. The van der Waals surface area contributed by atoms with Crippen LogP contribution in [0.3, 0.4) is 0 Å². The van der Waals surface area contributed by atoms with Gasteiger partial charge in [0.25, 0.3) is 5.91 Å². The van der Waals surface area contributed by atoms with E-state index in [4.69, 9.17) is 0 Å². The fourth-order valence-corrected chi connectivity index (χ4v) is 4.13. The average molecular weight is 476 g/mol. The van der Waals surface area contributed by atoms with Crippen LogP contribution in [0.4, 0.5) is 24.5 Å². The van der Waals surface area contributed by atoms with E-state index in [0.717, 1.165) is 29.8 Å². The van der Waals surface area contributed by atoms with E-state index in [-0.39, 0.29) is 36.0 Å². The Bertz CT molecular complexity index is 1250. The Balaban J connectivity index is 0.00000342. The van der Waals surface area contributed by atoms with Crippen molar-refractivity contribution in [2.24, 2.45) is 0 Å². The number of alkyl halides is 3. The topological polar surface area (TPSA) is 98.2 Å². The van der Waals surface area contributed by atoms with Gasteiger partial charge in [0.05, 0.1) is 35.3 Å². The third-order valence-corrected chi connectivity index (χ3v) is 5.85. The summed E-state index contributed by atoms with van der Waals surface area (Å²) < 4.78 is 38.8. The molecular weight excluding hydrogens is 456 g/mol. The molecule has 0 unspecified atom stereocenters. The number of anilines is 2. The van der Waals surface area contributed by atoms with E-state index in [9.17, 15) is 27.9 Å². The van der Waals surface area contributed by atoms with Crippen LogP contribution in [0.25, 0.3) is 0 Å². The molecular formula is C24H20F3LiN4O3. The van der Waals surface area contributed by atoms with Gasteiger partial charge in [0, 0.05) is 42.5 Å². The largest absolute Gasteiger partial charge is 1.00 e. The molecule has 2 aromatic heterocycles. The maximum Gasteiger partial charge on any atom is 1.00 e. The molecule has 3 heterocycles. The van der Waals surface area contributed by atoms with E-state index in [1.807, 2.05) is 11.8 Å². The number of aromatic carboxylic acids is 1. The molecule has 1 aliphatic rings. The summed E-state index contributed by atoms with van der Waals surface area (Å²) in [5.41, 5.74) is 1.70. The Hall–Kier alpha value is -3.35. The molecule has 7 nitrogen and oxygen atoms in total. The van der Waals surface area contributed by atoms with Crippen molar-refractivity contribution in [3.8, 4) is 0 Å². The second-order valence-corrected chi connectivity index (χ2v) is 8.10. The number of carbonyl (C=O) groups is 2. The van der Waals surface area contributed by atoms with Gasteiger partial charge in [0.15, 0.2) is 0 Å². The smallest absolute Gasteiger partial charge is 0.545 e. The number of carboxylic acids is 1. The van der Waals surface area contributed by atoms with Crippen molar-refractivity contribution in [2.75, 3.05) is 23.3 Å². The molecule has 3 aromatic rings. The van der Waals surface area contributed by atoms with Crippen molar-refractivity contribution in [3.63, 3.8) is 0 Å². The molecule has 0 saturated carbocycles. The number of nitrogens with one attached hydrogen (secondary N) is 1. The minimum absolute atomic E-state index is 0. The van der Waals surface area contributed by atoms with Gasteiger partial charge in [-0.25, -0.2) is 0 Å². The zero-order chi connectivity index (χ0) is 24.5. The fraction of sp³-hybridized carbons (Fsp3) is 0.250. The normalized spacial score (nSPS) is 15.4. The summed E-state index contributed by atoms with van der Waals surface area (Å²) >= 11 is 0. The van der Waals surface area contributed by atoms with Crippen molar-refractivity contribution < 1.29 is 46.7 Å². The second-order valence-electron chi connectivity index (χ2n) is 8.10. The third kappa shape index (κ3) is 5.84. The van der Waals surface area contributed by atoms with Crippen LogP contribution in [0.5, 0.6) is 0 Å². The van der Waals surface area contributed by atoms with Gasteiger partial charge in [-0.05, 0) is 48.7 Å². The molecule has 176 valence electrons. The van der Waals surface area contributed by atoms with Crippen molar-refractivity contribution in [1.29, 1.82) is 0 Å². The van der Waals surface area contributed by atoms with Crippen molar-refractivity contribution in [1.82, 2.24) is 9.97 Å². The summed E-state index contributed by atoms with van der Waals surface area (Å²) in [5.74, 6) is -1.80. The average Bonchev–Trinajstić information content (AvgIpc) is 3.29. The zero-order valence-electron chi connectivity index (χ0n) is 19.1. The monoisotopic (exact) mass is 476 g/mol. The van der Waals surface area contributed by atoms with Gasteiger partial charge in [-0.3, -0.25) is 14.8 Å². The van der Waals surface area contributed by atoms with Gasteiger partial charge in [0.2, 0.25) is 0 Å². The first-order valence-corrected chi connectivity index (χ1v) is 10.5. The van der Waals surface area contributed by atoms with Crippen molar-refractivity contribution in [2.45, 2.75) is 25.4 Å². The number of aromatic nitrogens is 2. The molecule has 1 fully saturated rings. The Morgan fingerprint density at radius 1 is 1.11 bits per heavy atom. The number of nitrogens with zero attached hydrogens (tertiary/aromatic N) is 3. The van der Waals surface area contributed by atoms with Gasteiger partial charge in [-0.1, -0.05) is 6.07 Å². The minimum atomic E-state index is -4.57.